The summed E-state index contributed by atoms with van der Waals surface area (Å²) in [7, 11) is 0. The van der Waals surface area contributed by atoms with E-state index in [4.69, 9.17) is 4.52 Å². The number of nitrogens with zero attached hydrogens (tertiary/aromatic N) is 2. The molecular formula is C14H10FN3O2S. The van der Waals surface area contributed by atoms with E-state index < -0.39 is 5.63 Å². The van der Waals surface area contributed by atoms with Crippen molar-refractivity contribution in [2.75, 3.05) is 0 Å². The van der Waals surface area contributed by atoms with Crippen LogP contribution in [-0.4, -0.2) is 15.1 Å². The Morgan fingerprint density at radius 1 is 1.24 bits per heavy atom. The average Bonchev–Trinajstić information content (AvgIpc) is 2.90. The third-order valence-electron chi connectivity index (χ3n) is 2.94. The van der Waals surface area contributed by atoms with Gasteiger partial charge in [-0.15, -0.1) is 0 Å². The van der Waals surface area contributed by atoms with Gasteiger partial charge in [-0.3, -0.25) is 0 Å². The Bertz CT molecular complexity index is 827. The van der Waals surface area contributed by atoms with Crippen molar-refractivity contribution in [1.82, 2.24) is 15.1 Å². The fourth-order valence-electron chi connectivity index (χ4n) is 1.97. The molecule has 0 aliphatic heterocycles. The first-order valence-corrected chi connectivity index (χ1v) is 6.73. The Hall–Kier alpha value is -2.41. The lowest BCUT2D eigenvalue weighted by Crippen LogP contribution is -2.01. The fourth-order valence-corrected chi connectivity index (χ4v) is 2.12. The molecule has 0 atom stereocenters. The van der Waals surface area contributed by atoms with Crippen LogP contribution in [0.2, 0.25) is 0 Å². The average molecular weight is 303 g/mol. The summed E-state index contributed by atoms with van der Waals surface area (Å²) < 4.78 is 17.9. The van der Waals surface area contributed by atoms with Gasteiger partial charge in [0.05, 0.1) is 17.1 Å². The number of aromatic amines is 1. The smallest absolute Gasteiger partial charge is 0.338 e. The summed E-state index contributed by atoms with van der Waals surface area (Å²) in [4.78, 5) is 20.2. The van der Waals surface area contributed by atoms with Crippen LogP contribution in [0, 0.1) is 5.82 Å². The van der Waals surface area contributed by atoms with Crippen molar-refractivity contribution >= 4 is 12.6 Å². The number of benzene rings is 1. The number of rotatable bonds is 3. The first-order chi connectivity index (χ1) is 10.2. The standard InChI is InChI=1S/C14H10FN3O2S/c15-9-3-1-8(2-4-9)13-12(14(19)20-18-13)10-5-6-16-11(7-21)17-10/h1-6,18,21H,7H2. The molecule has 1 aromatic carbocycles. The molecule has 106 valence electrons. The van der Waals surface area contributed by atoms with Crippen molar-refractivity contribution in [3.8, 4) is 22.5 Å². The Morgan fingerprint density at radius 3 is 2.71 bits per heavy atom. The number of halogens is 1. The minimum absolute atomic E-state index is 0.284. The summed E-state index contributed by atoms with van der Waals surface area (Å²) in [6.07, 6.45) is 1.55. The van der Waals surface area contributed by atoms with E-state index in [1.165, 1.54) is 12.1 Å². The van der Waals surface area contributed by atoms with E-state index in [2.05, 4.69) is 27.8 Å². The highest BCUT2D eigenvalue weighted by Crippen LogP contribution is 2.26. The zero-order valence-corrected chi connectivity index (χ0v) is 11.6. The molecule has 1 N–H and O–H groups in total. The normalized spacial score (nSPS) is 10.8. The third-order valence-corrected chi connectivity index (χ3v) is 3.22. The van der Waals surface area contributed by atoms with Gasteiger partial charge in [-0.25, -0.2) is 24.3 Å². The highest BCUT2D eigenvalue weighted by Gasteiger charge is 2.17. The first-order valence-electron chi connectivity index (χ1n) is 6.09. The van der Waals surface area contributed by atoms with Crippen LogP contribution < -0.4 is 5.63 Å². The Labute approximate surface area is 124 Å². The van der Waals surface area contributed by atoms with Gasteiger partial charge in [0.1, 0.15) is 17.2 Å². The molecule has 0 unspecified atom stereocenters. The van der Waals surface area contributed by atoms with Crippen molar-refractivity contribution in [2.24, 2.45) is 0 Å². The molecule has 3 aromatic rings. The molecule has 5 nitrogen and oxygen atoms in total. The van der Waals surface area contributed by atoms with E-state index in [0.717, 1.165) is 0 Å². The molecule has 7 heteroatoms. The monoisotopic (exact) mass is 303 g/mol. The zero-order chi connectivity index (χ0) is 14.8. The van der Waals surface area contributed by atoms with Gasteiger partial charge in [-0.05, 0) is 30.3 Å². The molecule has 0 radical (unpaired) electrons. The van der Waals surface area contributed by atoms with E-state index in [1.54, 1.807) is 24.4 Å². The molecule has 2 aromatic heterocycles. The summed E-state index contributed by atoms with van der Waals surface area (Å²) in [5, 5.41) is 2.56. The minimum Gasteiger partial charge on any atom is -0.338 e. The summed E-state index contributed by atoms with van der Waals surface area (Å²) >= 11 is 4.11. The third kappa shape index (κ3) is 2.59. The summed E-state index contributed by atoms with van der Waals surface area (Å²) in [5.74, 6) is 0.502. The van der Waals surface area contributed by atoms with Crippen molar-refractivity contribution in [2.45, 2.75) is 5.75 Å². The molecule has 0 saturated heterocycles. The van der Waals surface area contributed by atoms with Crippen molar-refractivity contribution < 1.29 is 8.91 Å². The van der Waals surface area contributed by atoms with Crippen LogP contribution in [-0.2, 0) is 5.75 Å². The van der Waals surface area contributed by atoms with Crippen LogP contribution in [0.15, 0.2) is 45.8 Å². The van der Waals surface area contributed by atoms with Gasteiger partial charge < -0.3 is 4.52 Å². The van der Waals surface area contributed by atoms with Crippen molar-refractivity contribution in [3.63, 3.8) is 0 Å². The maximum absolute atomic E-state index is 13.0. The topological polar surface area (TPSA) is 71.8 Å². The number of aromatic nitrogens is 3. The molecule has 0 bridgehead atoms. The number of nitrogens with one attached hydrogen (secondary N) is 1. The van der Waals surface area contributed by atoms with Crippen LogP contribution in [0.4, 0.5) is 4.39 Å². The van der Waals surface area contributed by atoms with E-state index in [-0.39, 0.29) is 11.4 Å². The number of thiol groups is 1. The second kappa shape index (κ2) is 5.53. The van der Waals surface area contributed by atoms with Crippen molar-refractivity contribution in [3.05, 3.63) is 58.6 Å². The van der Waals surface area contributed by atoms with Gasteiger partial charge in [0.2, 0.25) is 0 Å². The van der Waals surface area contributed by atoms with E-state index in [9.17, 15) is 9.18 Å². The van der Waals surface area contributed by atoms with Gasteiger partial charge in [0.15, 0.2) is 0 Å². The zero-order valence-electron chi connectivity index (χ0n) is 10.7. The number of H-pyrrole nitrogens is 1. The molecule has 0 amide bonds. The lowest BCUT2D eigenvalue weighted by atomic mass is 10.1. The fraction of sp³-hybridized carbons (Fsp3) is 0.0714. The largest absolute Gasteiger partial charge is 0.367 e. The van der Waals surface area contributed by atoms with E-state index in [1.807, 2.05) is 0 Å². The van der Waals surface area contributed by atoms with E-state index in [0.29, 0.717) is 28.5 Å². The first kappa shape index (κ1) is 13.6. The lowest BCUT2D eigenvalue weighted by molar-refractivity contribution is 0.394. The minimum atomic E-state index is -0.543. The Morgan fingerprint density at radius 2 is 2.00 bits per heavy atom. The van der Waals surface area contributed by atoms with Gasteiger partial charge in [0, 0.05) is 11.8 Å². The molecule has 2 heterocycles. The SMILES string of the molecule is O=c1o[nH]c(-c2ccc(F)cc2)c1-c1ccnc(CS)n1. The maximum atomic E-state index is 13.0. The van der Waals surface area contributed by atoms with Crippen LogP contribution in [0.3, 0.4) is 0 Å². The van der Waals surface area contributed by atoms with Crippen LogP contribution in [0.1, 0.15) is 5.82 Å². The Balaban J connectivity index is 2.17. The summed E-state index contributed by atoms with van der Waals surface area (Å²) in [6, 6.07) is 7.34. The van der Waals surface area contributed by atoms with Crippen LogP contribution >= 0.6 is 12.6 Å². The highest BCUT2D eigenvalue weighted by molar-refractivity contribution is 7.79. The number of hydrogen-bond acceptors (Lipinski definition) is 5. The molecule has 3 rings (SSSR count). The van der Waals surface area contributed by atoms with Gasteiger partial charge in [-0.1, -0.05) is 0 Å². The van der Waals surface area contributed by atoms with Crippen molar-refractivity contribution in [1.29, 1.82) is 0 Å². The lowest BCUT2D eigenvalue weighted by Gasteiger charge is -2.02. The van der Waals surface area contributed by atoms with Gasteiger partial charge >= 0.3 is 5.63 Å². The second-order valence-corrected chi connectivity index (χ2v) is 4.58. The van der Waals surface area contributed by atoms with Crippen LogP contribution in [0.25, 0.3) is 22.5 Å². The molecule has 0 saturated carbocycles. The van der Waals surface area contributed by atoms with Gasteiger partial charge in [-0.2, -0.15) is 12.6 Å². The highest BCUT2D eigenvalue weighted by atomic mass is 32.1. The number of hydrogen-bond donors (Lipinski definition) is 2. The van der Waals surface area contributed by atoms with Crippen LogP contribution in [0.5, 0.6) is 0 Å². The molecular weight excluding hydrogens is 293 g/mol. The summed E-state index contributed by atoms with van der Waals surface area (Å²) in [5.41, 5.74) is 1.25. The van der Waals surface area contributed by atoms with E-state index >= 15 is 0 Å². The molecule has 0 fully saturated rings. The Kier molecular flexibility index (Phi) is 3.57. The molecule has 0 spiro atoms. The second-order valence-electron chi connectivity index (χ2n) is 4.26. The molecule has 21 heavy (non-hydrogen) atoms. The maximum Gasteiger partial charge on any atom is 0.367 e. The van der Waals surface area contributed by atoms with Gasteiger partial charge in [0.25, 0.3) is 0 Å². The summed E-state index contributed by atoms with van der Waals surface area (Å²) in [6.45, 7) is 0. The molecule has 0 aliphatic carbocycles. The molecule has 0 aliphatic rings. The predicted molar refractivity (Wildman–Crippen MR) is 78.4 cm³/mol. The quantitative estimate of drug-likeness (QED) is 0.730. The predicted octanol–water partition coefficient (Wildman–Crippen LogP) is 2.66.